The Morgan fingerprint density at radius 2 is 1.90 bits per heavy atom. The van der Waals surface area contributed by atoms with Crippen LogP contribution < -0.4 is 5.73 Å². The highest BCUT2D eigenvalue weighted by atomic mass is 32.1. The summed E-state index contributed by atoms with van der Waals surface area (Å²) in [5.74, 6) is -0.243. The minimum Gasteiger partial charge on any atom is -0.389 e. The van der Waals surface area contributed by atoms with Gasteiger partial charge < -0.3 is 5.73 Å². The van der Waals surface area contributed by atoms with Gasteiger partial charge in [0.05, 0.1) is 23.0 Å². The average molecular weight is 291 g/mol. The highest BCUT2D eigenvalue weighted by Crippen LogP contribution is 2.22. The van der Waals surface area contributed by atoms with Crippen LogP contribution in [-0.4, -0.2) is 14.8 Å². The van der Waals surface area contributed by atoms with Crippen LogP contribution in [0.2, 0.25) is 0 Å². The lowest BCUT2D eigenvalue weighted by molar-refractivity contribution is 0.345. The third kappa shape index (κ3) is 3.04. The third-order valence-electron chi connectivity index (χ3n) is 3.05. The second kappa shape index (κ2) is 5.32. The van der Waals surface area contributed by atoms with Gasteiger partial charge in [0, 0.05) is 6.42 Å². The average Bonchev–Trinajstić information content (AvgIpc) is 2.75. The van der Waals surface area contributed by atoms with Gasteiger partial charge in [-0.25, -0.2) is 4.39 Å². The summed E-state index contributed by atoms with van der Waals surface area (Å²) in [6.45, 7) is 6.20. The van der Waals surface area contributed by atoms with Crippen molar-refractivity contribution in [3.63, 3.8) is 0 Å². The summed E-state index contributed by atoms with van der Waals surface area (Å²) in [5.41, 5.74) is 8.33. The van der Waals surface area contributed by atoms with Crippen LogP contribution in [0.1, 0.15) is 37.6 Å². The molecule has 0 atom stereocenters. The molecule has 1 heterocycles. The SMILES string of the molecule is CC(C)(C)n1ncc(C(N)=S)c1Cc1ccc(F)cc1. The molecule has 2 N–H and O–H groups in total. The van der Waals surface area contributed by atoms with Gasteiger partial charge in [-0.3, -0.25) is 4.68 Å². The van der Waals surface area contributed by atoms with Crippen molar-refractivity contribution in [1.82, 2.24) is 9.78 Å². The fourth-order valence-electron chi connectivity index (χ4n) is 2.12. The first-order valence-corrected chi connectivity index (χ1v) is 6.81. The highest BCUT2D eigenvalue weighted by Gasteiger charge is 2.22. The van der Waals surface area contributed by atoms with E-state index in [1.807, 2.05) is 4.68 Å². The molecular weight excluding hydrogens is 273 g/mol. The lowest BCUT2D eigenvalue weighted by Gasteiger charge is -2.23. The Kier molecular flexibility index (Phi) is 3.90. The molecule has 2 aromatic rings. The smallest absolute Gasteiger partial charge is 0.123 e. The van der Waals surface area contributed by atoms with E-state index in [2.05, 4.69) is 25.9 Å². The Balaban J connectivity index is 2.45. The molecule has 0 aliphatic heterocycles. The molecule has 0 spiro atoms. The van der Waals surface area contributed by atoms with E-state index >= 15 is 0 Å². The topological polar surface area (TPSA) is 43.8 Å². The number of nitrogens with two attached hydrogens (primary N) is 1. The summed E-state index contributed by atoms with van der Waals surface area (Å²) < 4.78 is 14.9. The molecule has 0 fully saturated rings. The number of aromatic nitrogens is 2. The Hall–Kier alpha value is -1.75. The van der Waals surface area contributed by atoms with Gasteiger partial charge >= 0.3 is 0 Å². The molecule has 106 valence electrons. The number of benzene rings is 1. The fourth-order valence-corrected chi connectivity index (χ4v) is 2.29. The number of hydrogen-bond acceptors (Lipinski definition) is 2. The lowest BCUT2D eigenvalue weighted by Crippen LogP contribution is -2.26. The van der Waals surface area contributed by atoms with Gasteiger partial charge in [0.15, 0.2) is 0 Å². The predicted molar refractivity (Wildman–Crippen MR) is 82.3 cm³/mol. The summed E-state index contributed by atoms with van der Waals surface area (Å²) in [4.78, 5) is 0.331. The normalized spacial score (nSPS) is 11.6. The van der Waals surface area contributed by atoms with E-state index in [-0.39, 0.29) is 11.4 Å². The molecule has 0 bridgehead atoms. The third-order valence-corrected chi connectivity index (χ3v) is 3.27. The van der Waals surface area contributed by atoms with Gasteiger partial charge in [0.1, 0.15) is 10.8 Å². The maximum absolute atomic E-state index is 13.0. The van der Waals surface area contributed by atoms with Crippen LogP contribution in [0.15, 0.2) is 30.5 Å². The zero-order valence-electron chi connectivity index (χ0n) is 11.9. The Bertz CT molecular complexity index is 624. The molecule has 0 amide bonds. The number of hydrogen-bond donors (Lipinski definition) is 1. The van der Waals surface area contributed by atoms with Gasteiger partial charge in [-0.15, -0.1) is 0 Å². The molecule has 0 radical (unpaired) electrons. The maximum atomic E-state index is 13.0. The van der Waals surface area contributed by atoms with E-state index in [4.69, 9.17) is 18.0 Å². The minimum atomic E-state index is -0.243. The number of halogens is 1. The molecule has 0 saturated heterocycles. The summed E-state index contributed by atoms with van der Waals surface area (Å²) in [5, 5.41) is 4.40. The second-order valence-electron chi connectivity index (χ2n) is 5.76. The standard InChI is InChI=1S/C15H18FN3S/c1-15(2,3)19-13(12(9-18-19)14(17)20)8-10-4-6-11(16)7-5-10/h4-7,9H,8H2,1-3H3,(H2,17,20). The Morgan fingerprint density at radius 1 is 1.30 bits per heavy atom. The molecule has 0 unspecified atom stereocenters. The molecule has 3 nitrogen and oxygen atoms in total. The number of nitrogens with zero attached hydrogens (tertiary/aromatic N) is 2. The molecular formula is C15H18FN3S. The Labute approximate surface area is 123 Å². The predicted octanol–water partition coefficient (Wildman–Crippen LogP) is 3.00. The number of thiocarbonyl (C=S) groups is 1. The van der Waals surface area contributed by atoms with Gasteiger partial charge in [-0.2, -0.15) is 5.10 Å². The van der Waals surface area contributed by atoms with Crippen molar-refractivity contribution in [2.24, 2.45) is 5.73 Å². The Morgan fingerprint density at radius 3 is 2.40 bits per heavy atom. The van der Waals surface area contributed by atoms with Crippen LogP contribution in [0.3, 0.4) is 0 Å². The largest absolute Gasteiger partial charge is 0.389 e. The zero-order chi connectivity index (χ0) is 14.9. The van der Waals surface area contributed by atoms with Crippen LogP contribution in [0.5, 0.6) is 0 Å². The first-order valence-electron chi connectivity index (χ1n) is 6.40. The van der Waals surface area contributed by atoms with Gasteiger partial charge in [-0.05, 0) is 38.5 Å². The quantitative estimate of drug-likeness (QED) is 0.884. The van der Waals surface area contributed by atoms with E-state index in [1.165, 1.54) is 12.1 Å². The van der Waals surface area contributed by atoms with Crippen molar-refractivity contribution in [3.05, 3.63) is 53.1 Å². The molecule has 1 aromatic carbocycles. The van der Waals surface area contributed by atoms with Crippen LogP contribution in [0, 0.1) is 5.82 Å². The zero-order valence-corrected chi connectivity index (χ0v) is 12.7. The van der Waals surface area contributed by atoms with Crippen molar-refractivity contribution < 1.29 is 4.39 Å². The highest BCUT2D eigenvalue weighted by molar-refractivity contribution is 7.80. The van der Waals surface area contributed by atoms with Crippen molar-refractivity contribution in [1.29, 1.82) is 0 Å². The minimum absolute atomic E-state index is 0.168. The first-order chi connectivity index (χ1) is 9.29. The number of rotatable bonds is 3. The molecule has 0 saturated carbocycles. The van der Waals surface area contributed by atoms with Crippen molar-refractivity contribution in [2.75, 3.05) is 0 Å². The van der Waals surface area contributed by atoms with Crippen LogP contribution >= 0.6 is 12.2 Å². The molecule has 0 aliphatic carbocycles. The van der Waals surface area contributed by atoms with Crippen LogP contribution in [-0.2, 0) is 12.0 Å². The molecule has 2 rings (SSSR count). The summed E-state index contributed by atoms with van der Waals surface area (Å²) in [6.07, 6.45) is 2.32. The lowest BCUT2D eigenvalue weighted by atomic mass is 10.0. The monoisotopic (exact) mass is 291 g/mol. The van der Waals surface area contributed by atoms with E-state index in [9.17, 15) is 4.39 Å². The van der Waals surface area contributed by atoms with Crippen LogP contribution in [0.25, 0.3) is 0 Å². The maximum Gasteiger partial charge on any atom is 0.123 e. The van der Waals surface area contributed by atoms with E-state index < -0.39 is 0 Å². The van der Waals surface area contributed by atoms with Crippen LogP contribution in [0.4, 0.5) is 4.39 Å². The van der Waals surface area contributed by atoms with Gasteiger partial charge in [0.25, 0.3) is 0 Å². The molecule has 20 heavy (non-hydrogen) atoms. The first kappa shape index (κ1) is 14.7. The van der Waals surface area contributed by atoms with Crippen molar-refractivity contribution in [3.8, 4) is 0 Å². The molecule has 1 aromatic heterocycles. The van der Waals surface area contributed by atoms with E-state index in [0.29, 0.717) is 11.4 Å². The fraction of sp³-hybridized carbons (Fsp3) is 0.333. The second-order valence-corrected chi connectivity index (χ2v) is 6.19. The molecule has 0 aliphatic rings. The summed E-state index contributed by atoms with van der Waals surface area (Å²) in [7, 11) is 0. The van der Waals surface area contributed by atoms with E-state index in [0.717, 1.165) is 16.8 Å². The van der Waals surface area contributed by atoms with Crippen molar-refractivity contribution in [2.45, 2.75) is 32.7 Å². The van der Waals surface area contributed by atoms with E-state index in [1.54, 1.807) is 18.3 Å². The van der Waals surface area contributed by atoms with Gasteiger partial charge in [0.2, 0.25) is 0 Å². The molecule has 5 heteroatoms. The summed E-state index contributed by atoms with van der Waals surface area (Å²) in [6, 6.07) is 6.43. The van der Waals surface area contributed by atoms with Gasteiger partial charge in [-0.1, -0.05) is 24.4 Å². The summed E-state index contributed by atoms with van der Waals surface area (Å²) >= 11 is 5.09. The van der Waals surface area contributed by atoms with Crippen molar-refractivity contribution >= 4 is 17.2 Å².